The van der Waals surface area contributed by atoms with Crippen LogP contribution in [0.3, 0.4) is 0 Å². The van der Waals surface area contributed by atoms with Crippen LogP contribution in [0.5, 0.6) is 0 Å². The van der Waals surface area contributed by atoms with Gasteiger partial charge in [0, 0.05) is 0 Å². The van der Waals surface area contributed by atoms with Gasteiger partial charge in [0.25, 0.3) is 0 Å². The quantitative estimate of drug-likeness (QED) is 0.371. The molecule has 0 saturated heterocycles. The van der Waals surface area contributed by atoms with E-state index < -0.39 is 42.9 Å². The van der Waals surface area contributed by atoms with E-state index in [-0.39, 0.29) is 24.7 Å². The fraction of sp³-hybridized carbons (Fsp3) is 0.750. The van der Waals surface area contributed by atoms with Gasteiger partial charge in [0.2, 0.25) is 13.6 Å². The normalized spacial score (nSPS) is 15.4. The number of rotatable bonds is 8. The maximum absolute atomic E-state index is 12.1. The SMILES string of the molecule is CC(C)C(=O)OCOC(=O)C1(C(=O)OCOC(=O)C(C)C)CCC1. The van der Waals surface area contributed by atoms with E-state index in [4.69, 9.17) is 18.9 Å². The van der Waals surface area contributed by atoms with Crippen LogP contribution in [0.1, 0.15) is 47.0 Å². The van der Waals surface area contributed by atoms with Gasteiger partial charge in [-0.1, -0.05) is 27.7 Å². The highest BCUT2D eigenvalue weighted by molar-refractivity contribution is 6.01. The smallest absolute Gasteiger partial charge is 0.326 e. The first-order valence-corrected chi connectivity index (χ1v) is 7.88. The van der Waals surface area contributed by atoms with E-state index in [9.17, 15) is 19.2 Å². The largest absolute Gasteiger partial charge is 0.428 e. The van der Waals surface area contributed by atoms with Crippen LogP contribution in [-0.2, 0) is 38.1 Å². The maximum Gasteiger partial charge on any atom is 0.326 e. The number of carbonyl (C=O) groups is 4. The molecule has 136 valence electrons. The lowest BCUT2D eigenvalue weighted by Gasteiger charge is -2.36. The molecule has 1 saturated carbocycles. The first-order valence-electron chi connectivity index (χ1n) is 7.88. The first-order chi connectivity index (χ1) is 11.2. The standard InChI is InChI=1S/C16H24O8/c1-10(2)12(17)21-8-23-14(19)16(6-5-7-16)15(20)24-9-22-13(18)11(3)4/h10-11H,5-9H2,1-4H3. The summed E-state index contributed by atoms with van der Waals surface area (Å²) in [6, 6.07) is 0. The van der Waals surface area contributed by atoms with Gasteiger partial charge in [0.15, 0.2) is 5.41 Å². The summed E-state index contributed by atoms with van der Waals surface area (Å²) in [4.78, 5) is 46.8. The second-order valence-electron chi connectivity index (χ2n) is 6.27. The molecule has 0 aromatic heterocycles. The predicted octanol–water partition coefficient (Wildman–Crippen LogP) is 1.56. The predicted molar refractivity (Wildman–Crippen MR) is 80.1 cm³/mol. The van der Waals surface area contributed by atoms with Crippen molar-refractivity contribution < 1.29 is 38.1 Å². The molecule has 0 atom stereocenters. The Bertz CT molecular complexity index is 450. The van der Waals surface area contributed by atoms with Gasteiger partial charge in [-0.15, -0.1) is 0 Å². The van der Waals surface area contributed by atoms with Crippen LogP contribution in [0.4, 0.5) is 0 Å². The molecule has 0 bridgehead atoms. The van der Waals surface area contributed by atoms with Crippen molar-refractivity contribution in [3.63, 3.8) is 0 Å². The Kier molecular flexibility index (Phi) is 7.18. The third kappa shape index (κ3) is 4.94. The zero-order valence-electron chi connectivity index (χ0n) is 14.5. The molecule has 0 radical (unpaired) electrons. The molecule has 0 aromatic carbocycles. The van der Waals surface area contributed by atoms with Crippen molar-refractivity contribution in [1.82, 2.24) is 0 Å². The van der Waals surface area contributed by atoms with Crippen molar-refractivity contribution in [1.29, 1.82) is 0 Å². The van der Waals surface area contributed by atoms with Crippen LogP contribution < -0.4 is 0 Å². The minimum Gasteiger partial charge on any atom is -0.428 e. The van der Waals surface area contributed by atoms with Gasteiger partial charge in [0.1, 0.15) is 0 Å². The summed E-state index contributed by atoms with van der Waals surface area (Å²) < 4.78 is 19.2. The highest BCUT2D eigenvalue weighted by atomic mass is 16.7. The summed E-state index contributed by atoms with van der Waals surface area (Å²) in [5, 5.41) is 0. The summed E-state index contributed by atoms with van der Waals surface area (Å²) in [7, 11) is 0. The third-order valence-electron chi connectivity index (χ3n) is 3.71. The van der Waals surface area contributed by atoms with E-state index in [0.29, 0.717) is 6.42 Å². The molecule has 0 spiro atoms. The van der Waals surface area contributed by atoms with E-state index in [2.05, 4.69) is 0 Å². The number of ether oxygens (including phenoxy) is 4. The number of hydrogen-bond acceptors (Lipinski definition) is 8. The van der Waals surface area contributed by atoms with Crippen molar-refractivity contribution >= 4 is 23.9 Å². The van der Waals surface area contributed by atoms with Crippen molar-refractivity contribution in [3.05, 3.63) is 0 Å². The summed E-state index contributed by atoms with van der Waals surface area (Å²) in [5.41, 5.74) is -1.41. The van der Waals surface area contributed by atoms with Gasteiger partial charge in [0.05, 0.1) is 11.8 Å². The molecule has 8 nitrogen and oxygen atoms in total. The maximum atomic E-state index is 12.1. The second kappa shape index (κ2) is 8.65. The molecule has 8 heteroatoms. The number of carbonyl (C=O) groups excluding carboxylic acids is 4. The molecule has 0 heterocycles. The molecule has 24 heavy (non-hydrogen) atoms. The van der Waals surface area contributed by atoms with E-state index in [1.807, 2.05) is 0 Å². The fourth-order valence-corrected chi connectivity index (χ4v) is 1.91. The number of esters is 4. The van der Waals surface area contributed by atoms with E-state index in [1.54, 1.807) is 27.7 Å². The van der Waals surface area contributed by atoms with E-state index in [1.165, 1.54) is 0 Å². The molecule has 1 aliphatic rings. The molecule has 0 amide bonds. The molecule has 1 fully saturated rings. The molecular formula is C16H24O8. The van der Waals surface area contributed by atoms with Crippen LogP contribution in [0, 0.1) is 17.3 Å². The van der Waals surface area contributed by atoms with Gasteiger partial charge >= 0.3 is 23.9 Å². The highest BCUT2D eigenvalue weighted by Crippen LogP contribution is 2.43. The van der Waals surface area contributed by atoms with Crippen LogP contribution >= 0.6 is 0 Å². The van der Waals surface area contributed by atoms with Crippen LogP contribution in [-0.4, -0.2) is 37.5 Å². The molecule has 0 unspecified atom stereocenters. The molecule has 0 aromatic rings. The van der Waals surface area contributed by atoms with Crippen molar-refractivity contribution in [2.24, 2.45) is 17.3 Å². The minimum atomic E-state index is -1.41. The lowest BCUT2D eigenvalue weighted by molar-refractivity contribution is -0.194. The highest BCUT2D eigenvalue weighted by Gasteiger charge is 2.54. The van der Waals surface area contributed by atoms with E-state index >= 15 is 0 Å². The average molecular weight is 344 g/mol. The Balaban J connectivity index is 2.46. The minimum absolute atomic E-state index is 0.279. The molecule has 0 N–H and O–H groups in total. The Hall–Kier alpha value is -2.12. The van der Waals surface area contributed by atoms with Gasteiger partial charge < -0.3 is 18.9 Å². The Morgan fingerprint density at radius 2 is 1.12 bits per heavy atom. The first kappa shape index (κ1) is 19.9. The van der Waals surface area contributed by atoms with E-state index in [0.717, 1.165) is 0 Å². The number of hydrogen-bond donors (Lipinski definition) is 0. The summed E-state index contributed by atoms with van der Waals surface area (Å²) in [5.74, 6) is -3.30. The topological polar surface area (TPSA) is 105 Å². The zero-order valence-corrected chi connectivity index (χ0v) is 14.5. The second-order valence-corrected chi connectivity index (χ2v) is 6.27. The fourth-order valence-electron chi connectivity index (χ4n) is 1.91. The molecule has 0 aliphatic heterocycles. The average Bonchev–Trinajstić information content (AvgIpc) is 2.45. The molecular weight excluding hydrogens is 320 g/mol. The van der Waals surface area contributed by atoms with Crippen molar-refractivity contribution in [3.8, 4) is 0 Å². The molecule has 1 rings (SSSR count). The Morgan fingerprint density at radius 3 is 1.38 bits per heavy atom. The summed E-state index contributed by atoms with van der Waals surface area (Å²) in [6.07, 6.45) is 1.23. The van der Waals surface area contributed by atoms with Crippen LogP contribution in [0.25, 0.3) is 0 Å². The Labute approximate surface area is 140 Å². The van der Waals surface area contributed by atoms with Gasteiger partial charge in [-0.2, -0.15) is 0 Å². The van der Waals surface area contributed by atoms with Gasteiger partial charge in [-0.05, 0) is 19.3 Å². The summed E-state index contributed by atoms with van der Waals surface area (Å²) >= 11 is 0. The Morgan fingerprint density at radius 1 is 0.750 bits per heavy atom. The lowest BCUT2D eigenvalue weighted by atomic mass is 9.69. The monoisotopic (exact) mass is 344 g/mol. The van der Waals surface area contributed by atoms with Crippen LogP contribution in [0.15, 0.2) is 0 Å². The van der Waals surface area contributed by atoms with Crippen molar-refractivity contribution in [2.75, 3.05) is 13.6 Å². The molecule has 1 aliphatic carbocycles. The summed E-state index contributed by atoms with van der Waals surface area (Å²) in [6.45, 7) is 5.49. The lowest BCUT2D eigenvalue weighted by Crippen LogP contribution is -2.47. The third-order valence-corrected chi connectivity index (χ3v) is 3.71. The van der Waals surface area contributed by atoms with Gasteiger partial charge in [-0.3, -0.25) is 19.2 Å². The van der Waals surface area contributed by atoms with Crippen LogP contribution in [0.2, 0.25) is 0 Å². The van der Waals surface area contributed by atoms with Crippen molar-refractivity contribution in [2.45, 2.75) is 47.0 Å². The zero-order chi connectivity index (χ0) is 18.3. The van der Waals surface area contributed by atoms with Gasteiger partial charge in [-0.25, -0.2) is 0 Å².